The van der Waals surface area contributed by atoms with Gasteiger partial charge < -0.3 is 14.9 Å². The molecule has 0 saturated carbocycles. The monoisotopic (exact) mass is 170 g/mol. The second-order valence-electron chi connectivity index (χ2n) is 1.94. The zero-order chi connectivity index (χ0) is 9.40. The van der Waals surface area contributed by atoms with Gasteiger partial charge in [-0.05, 0) is 6.92 Å². The van der Waals surface area contributed by atoms with Crippen LogP contribution in [0.3, 0.4) is 0 Å². The molecule has 0 saturated heterocycles. The molecule has 1 atom stereocenters. The van der Waals surface area contributed by atoms with E-state index in [9.17, 15) is 4.79 Å². The van der Waals surface area contributed by atoms with Crippen LogP contribution >= 0.6 is 0 Å². The number of rotatable bonds is 2. The number of carboxylic acid groups (broad SMARTS) is 1. The third-order valence-corrected chi connectivity index (χ3v) is 0.936. The van der Waals surface area contributed by atoms with Gasteiger partial charge in [0.1, 0.15) is 6.11 Å². The van der Waals surface area contributed by atoms with Crippen molar-refractivity contribution in [3.8, 4) is 12.0 Å². The minimum Gasteiger partial charge on any atom is -0.449 e. The average molecular weight is 170 g/mol. The van der Waals surface area contributed by atoms with Gasteiger partial charge in [-0.15, -0.1) is 0 Å². The van der Waals surface area contributed by atoms with Crippen molar-refractivity contribution in [3.63, 3.8) is 0 Å². The van der Waals surface area contributed by atoms with Crippen molar-refractivity contribution in [2.75, 3.05) is 0 Å². The lowest BCUT2D eigenvalue weighted by Crippen LogP contribution is -1.99. The molecule has 0 aromatic heterocycles. The van der Waals surface area contributed by atoms with Crippen LogP contribution < -0.4 is 0 Å². The smallest absolute Gasteiger partial charge is 0.449 e. The van der Waals surface area contributed by atoms with E-state index in [0.29, 0.717) is 0 Å². The molecular formula is C8H10O4. The molecule has 0 fully saturated rings. The first kappa shape index (κ1) is 10.5. The van der Waals surface area contributed by atoms with Crippen LogP contribution in [0.15, 0.2) is 12.2 Å². The van der Waals surface area contributed by atoms with Crippen LogP contribution in [-0.2, 0) is 4.74 Å². The van der Waals surface area contributed by atoms with Crippen molar-refractivity contribution < 1.29 is 19.7 Å². The van der Waals surface area contributed by atoms with Crippen molar-refractivity contribution in [2.45, 2.75) is 19.4 Å². The van der Waals surface area contributed by atoms with E-state index < -0.39 is 12.3 Å². The van der Waals surface area contributed by atoms with Crippen LogP contribution in [-0.4, -0.2) is 22.5 Å². The first-order valence-electron chi connectivity index (χ1n) is 3.35. The van der Waals surface area contributed by atoms with E-state index in [0.717, 1.165) is 0 Å². The molecule has 0 heterocycles. The van der Waals surface area contributed by atoms with E-state index in [4.69, 9.17) is 10.2 Å². The molecule has 12 heavy (non-hydrogen) atoms. The summed E-state index contributed by atoms with van der Waals surface area (Å²) in [5.74, 6) is 2.35. The highest BCUT2D eigenvalue weighted by atomic mass is 16.7. The average Bonchev–Trinajstić information content (AvgIpc) is 1.98. The quantitative estimate of drug-likeness (QED) is 0.368. The van der Waals surface area contributed by atoms with Gasteiger partial charge in [0.15, 0.2) is 0 Å². The maximum atomic E-state index is 9.77. The lowest BCUT2D eigenvalue weighted by atomic mass is 10.2. The molecule has 0 aliphatic rings. The second-order valence-corrected chi connectivity index (χ2v) is 1.94. The Bertz CT molecular complexity index is 221. The van der Waals surface area contributed by atoms with Crippen molar-refractivity contribution in [2.24, 2.45) is 0 Å². The number of hydrogen-bond acceptors (Lipinski definition) is 3. The molecule has 4 nitrogen and oxygen atoms in total. The van der Waals surface area contributed by atoms with Gasteiger partial charge >= 0.3 is 6.16 Å². The maximum Gasteiger partial charge on any atom is 0.520 e. The zero-order valence-electron chi connectivity index (χ0n) is 6.65. The lowest BCUT2D eigenvalue weighted by molar-refractivity contribution is 0.134. The van der Waals surface area contributed by atoms with Gasteiger partial charge in [-0.3, -0.25) is 0 Å². The van der Waals surface area contributed by atoms with Gasteiger partial charge in [-0.25, -0.2) is 4.79 Å². The first-order valence-corrected chi connectivity index (χ1v) is 3.35. The minimum atomic E-state index is -1.44. The van der Waals surface area contributed by atoms with Crippen molar-refractivity contribution in [1.29, 1.82) is 0 Å². The fraction of sp³-hybridized carbons (Fsp3) is 0.375. The molecule has 0 radical (unpaired) electrons. The normalized spacial score (nSPS) is 11.8. The van der Waals surface area contributed by atoms with E-state index in [-0.39, 0.29) is 6.42 Å². The van der Waals surface area contributed by atoms with Gasteiger partial charge in [-0.2, -0.15) is 0 Å². The summed E-state index contributed by atoms with van der Waals surface area (Å²) < 4.78 is 3.89. The Kier molecular flexibility index (Phi) is 5.49. The Balaban J connectivity index is 3.63. The highest BCUT2D eigenvalue weighted by Crippen LogP contribution is 1.90. The highest BCUT2D eigenvalue weighted by Gasteiger charge is 1.93. The first-order chi connectivity index (χ1) is 5.66. The Hall–Kier alpha value is -1.47. The largest absolute Gasteiger partial charge is 0.520 e. The van der Waals surface area contributed by atoms with E-state index in [1.807, 2.05) is 6.11 Å². The van der Waals surface area contributed by atoms with Crippen LogP contribution in [0.1, 0.15) is 13.3 Å². The third-order valence-electron chi connectivity index (χ3n) is 0.936. The van der Waals surface area contributed by atoms with Gasteiger partial charge in [0.2, 0.25) is 0 Å². The predicted molar refractivity (Wildman–Crippen MR) is 42.3 cm³/mol. The summed E-state index contributed by atoms with van der Waals surface area (Å²) in [7, 11) is 0. The summed E-state index contributed by atoms with van der Waals surface area (Å²) in [4.78, 5) is 9.77. The highest BCUT2D eigenvalue weighted by molar-refractivity contribution is 5.58. The van der Waals surface area contributed by atoms with E-state index in [1.54, 1.807) is 19.1 Å². The molecule has 66 valence electrons. The molecule has 1 unspecified atom stereocenters. The summed E-state index contributed by atoms with van der Waals surface area (Å²) in [5.41, 5.74) is 0. The van der Waals surface area contributed by atoms with E-state index in [1.165, 1.54) is 0 Å². The number of ether oxygens (including phenoxy) is 1. The van der Waals surface area contributed by atoms with Gasteiger partial charge in [0, 0.05) is 6.42 Å². The number of aliphatic hydroxyl groups is 1. The molecule has 0 aromatic carbocycles. The summed E-state index contributed by atoms with van der Waals surface area (Å²) in [6, 6.07) is 0. The lowest BCUT2D eigenvalue weighted by Gasteiger charge is -1.95. The molecule has 0 bridgehead atoms. The molecule has 0 rings (SSSR count). The van der Waals surface area contributed by atoms with Crippen LogP contribution in [0, 0.1) is 12.0 Å². The SMILES string of the molecule is CC=CC(O)CC#COC(=O)O. The predicted octanol–water partition coefficient (Wildman–Crippen LogP) is 0.969. The molecule has 4 heteroatoms. The van der Waals surface area contributed by atoms with Gasteiger partial charge in [-0.1, -0.05) is 18.1 Å². The van der Waals surface area contributed by atoms with E-state index in [2.05, 4.69) is 10.7 Å². The fourth-order valence-corrected chi connectivity index (χ4v) is 0.516. The Morgan fingerprint density at radius 3 is 2.92 bits per heavy atom. The Labute approximate surface area is 70.5 Å². The van der Waals surface area contributed by atoms with Crippen LogP contribution in [0.5, 0.6) is 0 Å². The van der Waals surface area contributed by atoms with Gasteiger partial charge in [0.25, 0.3) is 0 Å². The zero-order valence-corrected chi connectivity index (χ0v) is 6.65. The van der Waals surface area contributed by atoms with Crippen LogP contribution in [0.2, 0.25) is 0 Å². The molecule has 0 aliphatic heterocycles. The van der Waals surface area contributed by atoms with Crippen LogP contribution in [0.4, 0.5) is 4.79 Å². The summed E-state index contributed by atoms with van der Waals surface area (Å²) in [5, 5.41) is 17.0. The molecule has 2 N–H and O–H groups in total. The fourth-order valence-electron chi connectivity index (χ4n) is 0.516. The molecule has 0 aromatic rings. The Morgan fingerprint density at radius 2 is 2.42 bits per heavy atom. The number of carbonyl (C=O) groups is 1. The second kappa shape index (κ2) is 6.25. The number of allylic oxidation sites excluding steroid dienone is 1. The number of hydrogen-bond donors (Lipinski definition) is 2. The summed E-state index contributed by atoms with van der Waals surface area (Å²) in [6.07, 6.45) is 3.22. The van der Waals surface area contributed by atoms with E-state index >= 15 is 0 Å². The molecule has 0 spiro atoms. The Morgan fingerprint density at radius 1 is 1.75 bits per heavy atom. The van der Waals surface area contributed by atoms with Crippen LogP contribution in [0.25, 0.3) is 0 Å². The molecule has 0 aliphatic carbocycles. The standard InChI is InChI=1S/C8H10O4/c1-2-4-7(9)5-3-6-12-8(10)11/h2,4,7,9H,5H2,1H3,(H,10,11). The van der Waals surface area contributed by atoms with Gasteiger partial charge in [0.05, 0.1) is 6.10 Å². The minimum absolute atomic E-state index is 0.164. The summed E-state index contributed by atoms with van der Waals surface area (Å²) in [6.45, 7) is 1.77. The summed E-state index contributed by atoms with van der Waals surface area (Å²) >= 11 is 0. The van der Waals surface area contributed by atoms with Crippen molar-refractivity contribution in [1.82, 2.24) is 0 Å². The number of aliphatic hydroxyl groups excluding tert-OH is 1. The molecular weight excluding hydrogens is 160 g/mol. The topological polar surface area (TPSA) is 66.8 Å². The third kappa shape index (κ3) is 6.65. The molecule has 0 amide bonds. The maximum absolute atomic E-state index is 9.77. The van der Waals surface area contributed by atoms with Crippen molar-refractivity contribution >= 4 is 6.16 Å². The van der Waals surface area contributed by atoms with Crippen molar-refractivity contribution in [3.05, 3.63) is 12.2 Å².